The van der Waals surface area contributed by atoms with E-state index in [1.165, 1.54) is 0 Å². The number of allylic oxidation sites excluding steroid dienone is 1. The first-order chi connectivity index (χ1) is 11.0. The summed E-state index contributed by atoms with van der Waals surface area (Å²) in [5, 5.41) is 9.39. The molecule has 0 saturated carbocycles. The number of nitrogens with one attached hydrogen (secondary N) is 1. The van der Waals surface area contributed by atoms with Crippen LogP contribution >= 0.6 is 0 Å². The SMILES string of the molecule is C=CCn1c(/C=C2\OC(=O)c3c2cc(C)[nH]c3=O)ccc1CO. The third-order valence-electron chi connectivity index (χ3n) is 3.70. The van der Waals surface area contributed by atoms with Crippen LogP contribution in [0, 0.1) is 6.92 Å². The van der Waals surface area contributed by atoms with E-state index in [9.17, 15) is 14.7 Å². The monoisotopic (exact) mass is 312 g/mol. The minimum Gasteiger partial charge on any atom is -0.422 e. The highest BCUT2D eigenvalue weighted by Crippen LogP contribution is 2.30. The highest BCUT2D eigenvalue weighted by atomic mass is 16.5. The van der Waals surface area contributed by atoms with E-state index in [4.69, 9.17) is 4.74 Å². The molecule has 2 N–H and O–H groups in total. The summed E-state index contributed by atoms with van der Waals surface area (Å²) >= 11 is 0. The Morgan fingerprint density at radius 2 is 2.17 bits per heavy atom. The van der Waals surface area contributed by atoms with E-state index >= 15 is 0 Å². The summed E-state index contributed by atoms with van der Waals surface area (Å²) in [4.78, 5) is 26.4. The maximum atomic E-state index is 11.9. The van der Waals surface area contributed by atoms with Crippen LogP contribution in [0.1, 0.15) is 33.0 Å². The fourth-order valence-corrected chi connectivity index (χ4v) is 2.68. The van der Waals surface area contributed by atoms with Gasteiger partial charge in [0.05, 0.1) is 6.61 Å². The normalized spacial score (nSPS) is 14.9. The van der Waals surface area contributed by atoms with E-state index in [2.05, 4.69) is 11.6 Å². The summed E-state index contributed by atoms with van der Waals surface area (Å²) < 4.78 is 7.10. The zero-order valence-corrected chi connectivity index (χ0v) is 12.6. The van der Waals surface area contributed by atoms with E-state index in [0.717, 1.165) is 11.4 Å². The van der Waals surface area contributed by atoms with Crippen molar-refractivity contribution in [2.24, 2.45) is 0 Å². The van der Waals surface area contributed by atoms with Gasteiger partial charge in [0.25, 0.3) is 5.56 Å². The van der Waals surface area contributed by atoms with Crippen molar-refractivity contribution in [2.75, 3.05) is 0 Å². The number of rotatable bonds is 4. The molecule has 0 aliphatic carbocycles. The number of fused-ring (bicyclic) bond motifs is 1. The van der Waals surface area contributed by atoms with Crippen molar-refractivity contribution in [3.05, 3.63) is 69.4 Å². The molecule has 0 amide bonds. The Hall–Kier alpha value is -2.86. The summed E-state index contributed by atoms with van der Waals surface area (Å²) in [5.74, 6) is -0.330. The number of aliphatic hydroxyl groups excluding tert-OH is 1. The Morgan fingerprint density at radius 1 is 1.39 bits per heavy atom. The molecule has 0 fully saturated rings. The number of ether oxygens (including phenoxy) is 1. The van der Waals surface area contributed by atoms with E-state index in [-0.39, 0.29) is 12.2 Å². The van der Waals surface area contributed by atoms with Gasteiger partial charge >= 0.3 is 5.97 Å². The van der Waals surface area contributed by atoms with E-state index in [1.54, 1.807) is 31.2 Å². The summed E-state index contributed by atoms with van der Waals surface area (Å²) in [6, 6.07) is 5.31. The molecule has 3 heterocycles. The maximum Gasteiger partial charge on any atom is 0.349 e. The number of esters is 1. The topological polar surface area (TPSA) is 84.3 Å². The summed E-state index contributed by atoms with van der Waals surface area (Å²) in [7, 11) is 0. The second-order valence-electron chi connectivity index (χ2n) is 5.28. The third kappa shape index (κ3) is 2.53. The predicted molar refractivity (Wildman–Crippen MR) is 85.6 cm³/mol. The quantitative estimate of drug-likeness (QED) is 0.666. The molecule has 0 unspecified atom stereocenters. The Kier molecular flexibility index (Phi) is 3.75. The van der Waals surface area contributed by atoms with Crippen molar-refractivity contribution in [3.8, 4) is 0 Å². The van der Waals surface area contributed by atoms with Crippen LogP contribution in [-0.2, 0) is 17.9 Å². The fourth-order valence-electron chi connectivity index (χ4n) is 2.68. The lowest BCUT2D eigenvalue weighted by Gasteiger charge is -2.08. The van der Waals surface area contributed by atoms with Crippen LogP contribution in [0.15, 0.2) is 35.6 Å². The highest BCUT2D eigenvalue weighted by molar-refractivity contribution is 6.05. The molecule has 1 aliphatic rings. The number of nitrogens with zero attached hydrogens (tertiary/aromatic N) is 1. The van der Waals surface area contributed by atoms with Crippen LogP contribution in [-0.4, -0.2) is 20.6 Å². The van der Waals surface area contributed by atoms with Gasteiger partial charge in [-0.05, 0) is 25.1 Å². The van der Waals surface area contributed by atoms with Crippen LogP contribution in [0.3, 0.4) is 0 Å². The maximum absolute atomic E-state index is 11.9. The van der Waals surface area contributed by atoms with Crippen molar-refractivity contribution >= 4 is 17.8 Å². The Balaban J connectivity index is 2.14. The lowest BCUT2D eigenvalue weighted by molar-refractivity contribution is 0.0715. The van der Waals surface area contributed by atoms with Crippen LogP contribution in [0.4, 0.5) is 0 Å². The number of aliphatic hydroxyl groups is 1. The van der Waals surface area contributed by atoms with Crippen molar-refractivity contribution < 1.29 is 14.6 Å². The molecule has 2 aromatic heterocycles. The van der Waals surface area contributed by atoms with Gasteiger partial charge in [-0.2, -0.15) is 0 Å². The van der Waals surface area contributed by atoms with Gasteiger partial charge < -0.3 is 19.4 Å². The van der Waals surface area contributed by atoms with Gasteiger partial charge in [-0.3, -0.25) is 4.79 Å². The molecule has 0 spiro atoms. The predicted octanol–water partition coefficient (Wildman–Crippen LogP) is 1.83. The third-order valence-corrected chi connectivity index (χ3v) is 3.70. The van der Waals surface area contributed by atoms with Gasteiger partial charge in [0.2, 0.25) is 0 Å². The summed E-state index contributed by atoms with van der Waals surface area (Å²) in [6.07, 6.45) is 3.40. The highest BCUT2D eigenvalue weighted by Gasteiger charge is 2.30. The van der Waals surface area contributed by atoms with E-state index in [1.807, 2.05) is 10.6 Å². The first-order valence-corrected chi connectivity index (χ1v) is 7.13. The smallest absolute Gasteiger partial charge is 0.349 e. The van der Waals surface area contributed by atoms with Gasteiger partial charge in [-0.25, -0.2) is 4.79 Å². The van der Waals surface area contributed by atoms with Crippen LogP contribution in [0.25, 0.3) is 11.8 Å². The number of aromatic amines is 1. The number of hydrogen-bond acceptors (Lipinski definition) is 4. The van der Waals surface area contributed by atoms with Crippen LogP contribution in [0.2, 0.25) is 0 Å². The number of hydrogen-bond donors (Lipinski definition) is 2. The molecule has 2 aromatic rings. The van der Waals surface area contributed by atoms with Crippen molar-refractivity contribution in [3.63, 3.8) is 0 Å². The number of pyridine rings is 1. The largest absolute Gasteiger partial charge is 0.422 e. The second kappa shape index (κ2) is 5.73. The fraction of sp³-hybridized carbons (Fsp3) is 0.176. The lowest BCUT2D eigenvalue weighted by Crippen LogP contribution is -2.16. The molecule has 6 heteroatoms. The molecular weight excluding hydrogens is 296 g/mol. The zero-order chi connectivity index (χ0) is 16.6. The van der Waals surface area contributed by atoms with Gasteiger partial charge in [0.1, 0.15) is 11.3 Å². The van der Waals surface area contributed by atoms with E-state index in [0.29, 0.717) is 23.6 Å². The number of H-pyrrole nitrogens is 1. The Labute approximate surface area is 132 Å². The number of aryl methyl sites for hydroxylation is 1. The molecule has 0 bridgehead atoms. The van der Waals surface area contributed by atoms with Gasteiger partial charge in [0, 0.05) is 35.3 Å². The molecule has 0 radical (unpaired) electrons. The molecule has 23 heavy (non-hydrogen) atoms. The van der Waals surface area contributed by atoms with Crippen molar-refractivity contribution in [1.29, 1.82) is 0 Å². The number of carbonyl (C=O) groups is 1. The lowest BCUT2D eigenvalue weighted by atomic mass is 10.1. The molecular formula is C17H16N2O4. The van der Waals surface area contributed by atoms with Crippen LogP contribution < -0.4 is 5.56 Å². The van der Waals surface area contributed by atoms with Crippen LogP contribution in [0.5, 0.6) is 0 Å². The first-order valence-electron chi connectivity index (χ1n) is 7.13. The van der Waals surface area contributed by atoms with Crippen molar-refractivity contribution in [2.45, 2.75) is 20.1 Å². The zero-order valence-electron chi connectivity index (χ0n) is 12.6. The molecule has 6 nitrogen and oxygen atoms in total. The summed E-state index contributed by atoms with van der Waals surface area (Å²) in [6.45, 7) is 5.85. The number of cyclic esters (lactones) is 1. The number of aromatic nitrogens is 2. The number of carbonyl (C=O) groups excluding carboxylic acids is 1. The molecule has 0 atom stereocenters. The average molecular weight is 312 g/mol. The Bertz CT molecular complexity index is 886. The molecule has 0 saturated heterocycles. The van der Waals surface area contributed by atoms with Gasteiger partial charge in [0.15, 0.2) is 0 Å². The molecule has 3 rings (SSSR count). The average Bonchev–Trinajstić information content (AvgIpc) is 3.02. The molecule has 118 valence electrons. The summed E-state index contributed by atoms with van der Waals surface area (Å²) in [5.41, 5.74) is 2.17. The Morgan fingerprint density at radius 3 is 2.87 bits per heavy atom. The molecule has 1 aliphatic heterocycles. The first kappa shape index (κ1) is 15.1. The minimum absolute atomic E-state index is 0.0195. The van der Waals surface area contributed by atoms with E-state index < -0.39 is 11.5 Å². The van der Waals surface area contributed by atoms with Gasteiger partial charge in [-0.15, -0.1) is 6.58 Å². The van der Waals surface area contributed by atoms with Gasteiger partial charge in [-0.1, -0.05) is 6.08 Å². The van der Waals surface area contributed by atoms with Crippen molar-refractivity contribution in [1.82, 2.24) is 9.55 Å². The standard InChI is InChI=1S/C17H16N2O4/c1-3-6-19-11(4-5-12(19)9-20)8-14-13-7-10(2)18-16(21)15(13)17(22)23-14/h3-5,7-8,20H,1,6,9H2,2H3,(H,18,21)/b14-8-. The molecule has 0 aromatic carbocycles. The second-order valence-corrected chi connectivity index (χ2v) is 5.28. The minimum atomic E-state index is -0.656.